The molecule has 0 atom stereocenters. The van der Waals surface area contributed by atoms with Crippen LogP contribution in [0.3, 0.4) is 0 Å². The highest BCUT2D eigenvalue weighted by Crippen LogP contribution is 2.31. The lowest BCUT2D eigenvalue weighted by molar-refractivity contribution is -0.137. The predicted octanol–water partition coefficient (Wildman–Crippen LogP) is 2.67. The summed E-state index contributed by atoms with van der Waals surface area (Å²) in [4.78, 5) is 3.59. The Bertz CT molecular complexity index is 322. The van der Waals surface area contributed by atoms with Crippen molar-refractivity contribution in [3.8, 4) is 5.88 Å². The van der Waals surface area contributed by atoms with Gasteiger partial charge in [-0.1, -0.05) is 6.92 Å². The van der Waals surface area contributed by atoms with Crippen molar-refractivity contribution in [2.45, 2.75) is 19.5 Å². The van der Waals surface area contributed by atoms with Gasteiger partial charge in [0.25, 0.3) is 0 Å². The van der Waals surface area contributed by atoms with E-state index in [4.69, 9.17) is 4.74 Å². The molecule has 1 aromatic rings. The van der Waals surface area contributed by atoms with Crippen LogP contribution in [0.25, 0.3) is 0 Å². The van der Waals surface area contributed by atoms with Gasteiger partial charge in [-0.05, 0) is 12.5 Å². The van der Waals surface area contributed by atoms with Crippen molar-refractivity contribution in [1.29, 1.82) is 0 Å². The fourth-order valence-electron chi connectivity index (χ4n) is 1.09. The molecular formula is C9H10F3NO. The van der Waals surface area contributed by atoms with E-state index in [1.54, 1.807) is 6.92 Å². The highest BCUT2D eigenvalue weighted by molar-refractivity contribution is 5.31. The Morgan fingerprint density at radius 2 is 2.07 bits per heavy atom. The maximum absolute atomic E-state index is 12.3. The molecule has 0 spiro atoms. The smallest absolute Gasteiger partial charge is 0.417 e. The topological polar surface area (TPSA) is 22.1 Å². The maximum Gasteiger partial charge on any atom is 0.417 e. The highest BCUT2D eigenvalue weighted by Gasteiger charge is 2.31. The standard InChI is InChI=1S/C9H10F3NO/c1-3-6-4-7(9(10,11)12)5-13-8(6)14-2/h4-5H,3H2,1-2H3. The minimum Gasteiger partial charge on any atom is -0.481 e. The van der Waals surface area contributed by atoms with Gasteiger partial charge < -0.3 is 4.74 Å². The number of halogens is 3. The SMILES string of the molecule is CCc1cc(C(F)(F)F)cnc1OC. The van der Waals surface area contributed by atoms with Gasteiger partial charge in [-0.3, -0.25) is 0 Å². The number of hydrogen-bond donors (Lipinski definition) is 0. The number of nitrogens with zero attached hydrogens (tertiary/aromatic N) is 1. The van der Waals surface area contributed by atoms with E-state index in [2.05, 4.69) is 4.98 Å². The Hall–Kier alpha value is -1.26. The highest BCUT2D eigenvalue weighted by atomic mass is 19.4. The molecule has 0 radical (unpaired) electrons. The lowest BCUT2D eigenvalue weighted by Gasteiger charge is -2.10. The van der Waals surface area contributed by atoms with Crippen molar-refractivity contribution < 1.29 is 17.9 Å². The molecule has 0 aromatic carbocycles. The second-order valence-electron chi connectivity index (χ2n) is 2.74. The zero-order valence-electron chi connectivity index (χ0n) is 7.85. The van der Waals surface area contributed by atoms with Crippen LogP contribution in [0, 0.1) is 0 Å². The summed E-state index contributed by atoms with van der Waals surface area (Å²) in [6.07, 6.45) is -3.11. The van der Waals surface area contributed by atoms with Gasteiger partial charge >= 0.3 is 6.18 Å². The van der Waals surface area contributed by atoms with E-state index in [0.29, 0.717) is 12.0 Å². The molecule has 1 rings (SSSR count). The molecule has 14 heavy (non-hydrogen) atoms. The van der Waals surface area contributed by atoms with Crippen LogP contribution in [-0.4, -0.2) is 12.1 Å². The molecule has 5 heteroatoms. The molecular weight excluding hydrogens is 195 g/mol. The minimum absolute atomic E-state index is 0.250. The van der Waals surface area contributed by atoms with Gasteiger partial charge in [0.15, 0.2) is 0 Å². The normalized spacial score (nSPS) is 11.5. The summed E-state index contributed by atoms with van der Waals surface area (Å²) >= 11 is 0. The first-order chi connectivity index (χ1) is 6.49. The van der Waals surface area contributed by atoms with Crippen molar-refractivity contribution in [2.75, 3.05) is 7.11 Å². The van der Waals surface area contributed by atoms with Gasteiger partial charge in [-0.2, -0.15) is 13.2 Å². The average Bonchev–Trinajstić information content (AvgIpc) is 2.15. The van der Waals surface area contributed by atoms with E-state index in [9.17, 15) is 13.2 Å². The zero-order chi connectivity index (χ0) is 10.8. The molecule has 0 fully saturated rings. The third-order valence-electron chi connectivity index (χ3n) is 1.83. The number of methoxy groups -OCH3 is 1. The summed E-state index contributed by atoms with van der Waals surface area (Å²) in [5.74, 6) is 0.250. The Labute approximate surface area is 79.7 Å². The summed E-state index contributed by atoms with van der Waals surface area (Å²) < 4.78 is 41.6. The molecule has 1 heterocycles. The van der Waals surface area contributed by atoms with E-state index in [1.807, 2.05) is 0 Å². The van der Waals surface area contributed by atoms with E-state index >= 15 is 0 Å². The lowest BCUT2D eigenvalue weighted by atomic mass is 10.1. The number of ether oxygens (including phenoxy) is 1. The second kappa shape index (κ2) is 3.86. The molecule has 0 saturated carbocycles. The van der Waals surface area contributed by atoms with Crippen molar-refractivity contribution >= 4 is 0 Å². The Morgan fingerprint density at radius 3 is 2.50 bits per heavy atom. The molecule has 0 aliphatic heterocycles. The van der Waals surface area contributed by atoms with Crippen molar-refractivity contribution in [1.82, 2.24) is 4.98 Å². The number of aromatic nitrogens is 1. The van der Waals surface area contributed by atoms with Crippen molar-refractivity contribution in [2.24, 2.45) is 0 Å². The van der Waals surface area contributed by atoms with E-state index < -0.39 is 11.7 Å². The van der Waals surface area contributed by atoms with Crippen LogP contribution < -0.4 is 4.74 Å². The van der Waals surface area contributed by atoms with E-state index in [-0.39, 0.29) is 5.88 Å². The first-order valence-corrected chi connectivity index (χ1v) is 4.09. The second-order valence-corrected chi connectivity index (χ2v) is 2.74. The molecule has 0 bridgehead atoms. The fraction of sp³-hybridized carbons (Fsp3) is 0.444. The van der Waals surface area contributed by atoms with Crippen LogP contribution in [0.1, 0.15) is 18.1 Å². The molecule has 0 amide bonds. The molecule has 2 nitrogen and oxygen atoms in total. The van der Waals surface area contributed by atoms with Crippen molar-refractivity contribution in [3.63, 3.8) is 0 Å². The van der Waals surface area contributed by atoms with Gasteiger partial charge in [0.2, 0.25) is 5.88 Å². The zero-order valence-corrected chi connectivity index (χ0v) is 7.85. The van der Waals surface area contributed by atoms with Gasteiger partial charge in [-0.15, -0.1) is 0 Å². The van der Waals surface area contributed by atoms with Gasteiger partial charge in [0.1, 0.15) is 0 Å². The van der Waals surface area contributed by atoms with E-state index in [0.717, 1.165) is 12.3 Å². The van der Waals surface area contributed by atoms with Crippen molar-refractivity contribution in [3.05, 3.63) is 23.4 Å². The minimum atomic E-state index is -4.34. The number of alkyl halides is 3. The van der Waals surface area contributed by atoms with Gasteiger partial charge in [0.05, 0.1) is 12.7 Å². The Kier molecular flexibility index (Phi) is 2.98. The number of rotatable bonds is 2. The fourth-order valence-corrected chi connectivity index (χ4v) is 1.09. The molecule has 0 saturated heterocycles. The van der Waals surface area contributed by atoms with E-state index in [1.165, 1.54) is 7.11 Å². The number of hydrogen-bond acceptors (Lipinski definition) is 2. The van der Waals surface area contributed by atoms with Gasteiger partial charge in [0, 0.05) is 11.8 Å². The monoisotopic (exact) mass is 205 g/mol. The Morgan fingerprint density at radius 1 is 1.43 bits per heavy atom. The van der Waals surface area contributed by atoms with Crippen LogP contribution in [0.5, 0.6) is 5.88 Å². The molecule has 0 unspecified atom stereocenters. The Balaban J connectivity index is 3.14. The average molecular weight is 205 g/mol. The molecule has 0 aliphatic carbocycles. The van der Waals surface area contributed by atoms with Crippen LogP contribution in [0.15, 0.2) is 12.3 Å². The molecule has 0 aliphatic rings. The summed E-state index contributed by atoms with van der Waals surface area (Å²) in [7, 11) is 1.38. The third kappa shape index (κ3) is 2.16. The van der Waals surface area contributed by atoms with Crippen LogP contribution in [-0.2, 0) is 12.6 Å². The lowest BCUT2D eigenvalue weighted by Crippen LogP contribution is -2.07. The predicted molar refractivity (Wildman–Crippen MR) is 45.2 cm³/mol. The third-order valence-corrected chi connectivity index (χ3v) is 1.83. The number of aryl methyl sites for hydroxylation is 1. The first kappa shape index (κ1) is 10.8. The maximum atomic E-state index is 12.3. The molecule has 1 aromatic heterocycles. The number of pyridine rings is 1. The quantitative estimate of drug-likeness (QED) is 0.740. The first-order valence-electron chi connectivity index (χ1n) is 4.09. The molecule has 0 N–H and O–H groups in total. The summed E-state index contributed by atoms with van der Waals surface area (Å²) in [5, 5.41) is 0. The van der Waals surface area contributed by atoms with Gasteiger partial charge in [-0.25, -0.2) is 4.98 Å². The largest absolute Gasteiger partial charge is 0.481 e. The van der Waals surface area contributed by atoms with Crippen LogP contribution >= 0.6 is 0 Å². The molecule has 78 valence electrons. The summed E-state index contributed by atoms with van der Waals surface area (Å²) in [6.45, 7) is 1.75. The summed E-state index contributed by atoms with van der Waals surface area (Å²) in [6, 6.07) is 1.06. The van der Waals surface area contributed by atoms with Crippen LogP contribution in [0.4, 0.5) is 13.2 Å². The summed E-state index contributed by atoms with van der Waals surface area (Å²) in [5.41, 5.74) is -0.280. The van der Waals surface area contributed by atoms with Crippen LogP contribution in [0.2, 0.25) is 0 Å².